The molecular formula is C37H26N2. The molecule has 0 bridgehead atoms. The maximum absolute atomic E-state index is 5.13. The molecule has 0 unspecified atom stereocenters. The lowest BCUT2D eigenvalue weighted by atomic mass is 9.97. The number of hydrogen-bond donors (Lipinski definition) is 0. The molecule has 1 aromatic heterocycles. The first-order valence-electron chi connectivity index (χ1n) is 13.2. The van der Waals surface area contributed by atoms with Gasteiger partial charge in [0.2, 0.25) is 0 Å². The number of anilines is 3. The van der Waals surface area contributed by atoms with Gasteiger partial charge in [0.1, 0.15) is 0 Å². The van der Waals surface area contributed by atoms with Crippen molar-refractivity contribution < 1.29 is 0 Å². The lowest BCUT2D eigenvalue weighted by molar-refractivity contribution is 1.29. The van der Waals surface area contributed by atoms with Crippen LogP contribution in [0.2, 0.25) is 0 Å². The van der Waals surface area contributed by atoms with Crippen LogP contribution in [0.25, 0.3) is 44.1 Å². The average molecular weight is 499 g/mol. The molecule has 39 heavy (non-hydrogen) atoms. The predicted molar refractivity (Wildman–Crippen MR) is 165 cm³/mol. The van der Waals surface area contributed by atoms with Gasteiger partial charge in [-0.3, -0.25) is 0 Å². The Hall–Kier alpha value is -5.21. The number of para-hydroxylation sites is 2. The number of rotatable bonds is 5. The van der Waals surface area contributed by atoms with Crippen LogP contribution in [0.15, 0.2) is 158 Å². The van der Waals surface area contributed by atoms with Crippen molar-refractivity contribution in [3.63, 3.8) is 0 Å². The van der Waals surface area contributed by atoms with Crippen LogP contribution < -0.4 is 4.90 Å². The summed E-state index contributed by atoms with van der Waals surface area (Å²) < 4.78 is 0. The molecule has 2 nitrogen and oxygen atoms in total. The summed E-state index contributed by atoms with van der Waals surface area (Å²) >= 11 is 0. The van der Waals surface area contributed by atoms with Crippen molar-refractivity contribution in [3.8, 4) is 22.4 Å². The van der Waals surface area contributed by atoms with Crippen molar-refractivity contribution >= 4 is 38.7 Å². The highest BCUT2D eigenvalue weighted by Gasteiger charge is 2.15. The number of pyridine rings is 1. The molecule has 7 rings (SSSR count). The summed E-state index contributed by atoms with van der Waals surface area (Å²) in [7, 11) is 0. The molecule has 0 fully saturated rings. The van der Waals surface area contributed by atoms with Gasteiger partial charge in [-0.1, -0.05) is 109 Å². The maximum atomic E-state index is 5.13. The van der Waals surface area contributed by atoms with Gasteiger partial charge in [0.05, 0.1) is 11.2 Å². The van der Waals surface area contributed by atoms with E-state index in [-0.39, 0.29) is 0 Å². The molecule has 0 aliphatic heterocycles. The van der Waals surface area contributed by atoms with E-state index in [1.165, 1.54) is 10.8 Å². The first-order chi connectivity index (χ1) is 19.3. The third-order valence-corrected chi connectivity index (χ3v) is 7.21. The normalized spacial score (nSPS) is 11.1. The van der Waals surface area contributed by atoms with Crippen molar-refractivity contribution in [2.45, 2.75) is 0 Å². The quantitative estimate of drug-likeness (QED) is 0.235. The standard InChI is InChI=1S/C37H26N2/c1-3-12-28(13-4-1)35-26-31-15-9-10-18-36(31)38-37(35)29-20-22-33(23-21-29)39(32-16-5-2-6-17-32)34-24-19-27-11-7-8-14-30(27)25-34/h1-26H. The van der Waals surface area contributed by atoms with Crippen molar-refractivity contribution in [3.05, 3.63) is 158 Å². The van der Waals surface area contributed by atoms with E-state index in [2.05, 4.69) is 157 Å². The molecule has 184 valence electrons. The van der Waals surface area contributed by atoms with E-state index in [0.29, 0.717) is 0 Å². The second-order valence-corrected chi connectivity index (χ2v) is 9.69. The third-order valence-electron chi connectivity index (χ3n) is 7.21. The van der Waals surface area contributed by atoms with Gasteiger partial charge in [0.15, 0.2) is 0 Å². The molecule has 6 aromatic carbocycles. The van der Waals surface area contributed by atoms with Crippen LogP contribution in [-0.2, 0) is 0 Å². The second-order valence-electron chi connectivity index (χ2n) is 9.69. The Morgan fingerprint density at radius 1 is 0.385 bits per heavy atom. The molecule has 0 saturated heterocycles. The monoisotopic (exact) mass is 498 g/mol. The van der Waals surface area contributed by atoms with Crippen LogP contribution in [0, 0.1) is 0 Å². The first kappa shape index (κ1) is 22.9. The molecule has 1 heterocycles. The molecule has 0 atom stereocenters. The Labute approximate surface area is 228 Å². The highest BCUT2D eigenvalue weighted by atomic mass is 15.1. The van der Waals surface area contributed by atoms with Gasteiger partial charge in [-0.15, -0.1) is 0 Å². The summed E-state index contributed by atoms with van der Waals surface area (Å²) in [5.74, 6) is 0. The first-order valence-corrected chi connectivity index (χ1v) is 13.2. The van der Waals surface area contributed by atoms with Crippen molar-refractivity contribution in [1.82, 2.24) is 4.98 Å². The van der Waals surface area contributed by atoms with E-state index in [4.69, 9.17) is 4.98 Å². The maximum Gasteiger partial charge on any atom is 0.0788 e. The molecule has 0 N–H and O–H groups in total. The van der Waals surface area contributed by atoms with Crippen LogP contribution in [0.4, 0.5) is 17.1 Å². The molecule has 0 aliphatic rings. The Bertz CT molecular complexity index is 1890. The molecule has 0 saturated carbocycles. The molecular weight excluding hydrogens is 472 g/mol. The zero-order chi connectivity index (χ0) is 26.0. The predicted octanol–water partition coefficient (Wildman–Crippen LogP) is 10.2. The van der Waals surface area contributed by atoms with Crippen LogP contribution >= 0.6 is 0 Å². The van der Waals surface area contributed by atoms with E-state index in [1.54, 1.807) is 0 Å². The second kappa shape index (κ2) is 9.92. The molecule has 7 aromatic rings. The van der Waals surface area contributed by atoms with E-state index in [1.807, 2.05) is 6.07 Å². The van der Waals surface area contributed by atoms with Crippen LogP contribution in [0.3, 0.4) is 0 Å². The van der Waals surface area contributed by atoms with E-state index < -0.39 is 0 Å². The molecule has 0 amide bonds. The SMILES string of the molecule is c1ccc(-c2cc3ccccc3nc2-c2ccc(N(c3ccccc3)c3ccc4ccccc4c3)cc2)cc1. The number of fused-ring (bicyclic) bond motifs is 2. The summed E-state index contributed by atoms with van der Waals surface area (Å²) in [6.07, 6.45) is 0. The molecule has 2 heteroatoms. The van der Waals surface area contributed by atoms with Gasteiger partial charge in [-0.25, -0.2) is 4.98 Å². The van der Waals surface area contributed by atoms with Crippen molar-refractivity contribution in [2.24, 2.45) is 0 Å². The van der Waals surface area contributed by atoms with Gasteiger partial charge < -0.3 is 4.90 Å². The minimum atomic E-state index is 0.989. The van der Waals surface area contributed by atoms with Crippen LogP contribution in [-0.4, -0.2) is 4.98 Å². The number of hydrogen-bond acceptors (Lipinski definition) is 2. The highest BCUT2D eigenvalue weighted by Crippen LogP contribution is 2.38. The zero-order valence-electron chi connectivity index (χ0n) is 21.4. The van der Waals surface area contributed by atoms with Gasteiger partial charge in [-0.05, 0) is 64.9 Å². The lowest BCUT2D eigenvalue weighted by Gasteiger charge is -2.26. The fraction of sp³-hybridized carbons (Fsp3) is 0. The summed E-state index contributed by atoms with van der Waals surface area (Å²) in [6, 6.07) is 55.6. The van der Waals surface area contributed by atoms with Crippen LogP contribution in [0.1, 0.15) is 0 Å². The summed E-state index contributed by atoms with van der Waals surface area (Å²) in [4.78, 5) is 7.44. The minimum Gasteiger partial charge on any atom is -0.310 e. The Morgan fingerprint density at radius 2 is 0.974 bits per heavy atom. The van der Waals surface area contributed by atoms with E-state index in [0.717, 1.165) is 50.3 Å². The molecule has 0 aliphatic carbocycles. The number of aromatic nitrogens is 1. The number of benzene rings is 6. The van der Waals surface area contributed by atoms with Crippen LogP contribution in [0.5, 0.6) is 0 Å². The molecule has 0 radical (unpaired) electrons. The fourth-order valence-corrected chi connectivity index (χ4v) is 5.28. The zero-order valence-corrected chi connectivity index (χ0v) is 21.4. The smallest absolute Gasteiger partial charge is 0.0788 e. The summed E-state index contributed by atoms with van der Waals surface area (Å²) in [5, 5.41) is 3.60. The average Bonchev–Trinajstić information content (AvgIpc) is 3.02. The largest absolute Gasteiger partial charge is 0.310 e. The van der Waals surface area contributed by atoms with Gasteiger partial charge in [0, 0.05) is 33.6 Å². The van der Waals surface area contributed by atoms with Crippen molar-refractivity contribution in [1.29, 1.82) is 0 Å². The third kappa shape index (κ3) is 4.43. The fourth-order valence-electron chi connectivity index (χ4n) is 5.28. The Kier molecular flexibility index (Phi) is 5.84. The van der Waals surface area contributed by atoms with Gasteiger partial charge in [-0.2, -0.15) is 0 Å². The highest BCUT2D eigenvalue weighted by molar-refractivity contribution is 5.93. The van der Waals surface area contributed by atoms with E-state index >= 15 is 0 Å². The number of nitrogens with zero attached hydrogens (tertiary/aromatic N) is 2. The van der Waals surface area contributed by atoms with Gasteiger partial charge >= 0.3 is 0 Å². The minimum absolute atomic E-state index is 0.989. The Morgan fingerprint density at radius 3 is 1.74 bits per heavy atom. The Balaban J connectivity index is 1.35. The lowest BCUT2D eigenvalue weighted by Crippen LogP contribution is -2.09. The molecule has 0 spiro atoms. The summed E-state index contributed by atoms with van der Waals surface area (Å²) in [6.45, 7) is 0. The van der Waals surface area contributed by atoms with Gasteiger partial charge in [0.25, 0.3) is 0 Å². The summed E-state index contributed by atoms with van der Waals surface area (Å²) in [5.41, 5.74) is 8.73. The topological polar surface area (TPSA) is 16.1 Å². The van der Waals surface area contributed by atoms with Crippen molar-refractivity contribution in [2.75, 3.05) is 4.90 Å². The van der Waals surface area contributed by atoms with E-state index in [9.17, 15) is 0 Å².